The second kappa shape index (κ2) is 10.7. The number of ether oxygens (including phenoxy) is 3. The van der Waals surface area contributed by atoms with E-state index in [2.05, 4.69) is 41.5 Å². The molecule has 0 bridgehead atoms. The highest BCUT2D eigenvalue weighted by Crippen LogP contribution is 2.26. The van der Waals surface area contributed by atoms with Gasteiger partial charge in [-0.2, -0.15) is 5.10 Å². The summed E-state index contributed by atoms with van der Waals surface area (Å²) >= 11 is 0. The zero-order chi connectivity index (χ0) is 23.9. The van der Waals surface area contributed by atoms with Gasteiger partial charge in [-0.05, 0) is 67.0 Å². The number of carbonyl (C=O) groups is 1. The van der Waals surface area contributed by atoms with Crippen LogP contribution in [0.15, 0.2) is 18.2 Å². The average molecular weight is 448 g/mol. The van der Waals surface area contributed by atoms with Crippen LogP contribution in [-0.2, 0) is 21.6 Å². The van der Waals surface area contributed by atoms with Crippen molar-refractivity contribution in [3.63, 3.8) is 0 Å². The van der Waals surface area contributed by atoms with Crippen molar-refractivity contribution in [2.45, 2.75) is 72.6 Å². The summed E-state index contributed by atoms with van der Waals surface area (Å²) in [4.78, 5) is 16.3. The Hall–Kier alpha value is -2.81. The smallest absolute Gasteiger partial charge is 0.407 e. The molecule has 2 rings (SSSR count). The number of aryl methyl sites for hydroxylation is 1. The van der Waals surface area contributed by atoms with Crippen molar-refractivity contribution < 1.29 is 19.0 Å². The van der Waals surface area contributed by atoms with Crippen LogP contribution in [0.1, 0.15) is 59.4 Å². The number of nitrogens with one attached hydrogen (secondary N) is 2. The largest absolute Gasteiger partial charge is 0.495 e. The first-order valence-electron chi connectivity index (χ1n) is 10.8. The van der Waals surface area contributed by atoms with E-state index < -0.39 is 11.7 Å². The zero-order valence-corrected chi connectivity index (χ0v) is 20.5. The van der Waals surface area contributed by atoms with Crippen molar-refractivity contribution in [2.24, 2.45) is 0 Å². The van der Waals surface area contributed by atoms with Gasteiger partial charge in [-0.25, -0.2) is 14.5 Å². The van der Waals surface area contributed by atoms with Crippen LogP contribution in [0, 0.1) is 6.92 Å². The van der Waals surface area contributed by atoms with Gasteiger partial charge in [0.05, 0.1) is 24.9 Å². The molecular weight excluding hydrogens is 410 g/mol. The predicted molar refractivity (Wildman–Crippen MR) is 125 cm³/mol. The van der Waals surface area contributed by atoms with Gasteiger partial charge in [-0.1, -0.05) is 0 Å². The molecule has 0 fully saturated rings. The number of hydrogen-bond donors (Lipinski definition) is 2. The zero-order valence-electron chi connectivity index (χ0n) is 20.5. The van der Waals surface area contributed by atoms with Crippen molar-refractivity contribution in [3.05, 3.63) is 29.6 Å². The molecule has 0 atom stereocenters. The maximum atomic E-state index is 11.7. The maximum absolute atomic E-state index is 11.7. The highest BCUT2D eigenvalue weighted by molar-refractivity contribution is 5.67. The Labute approximate surface area is 190 Å². The van der Waals surface area contributed by atoms with Gasteiger partial charge in [0.1, 0.15) is 28.7 Å². The first kappa shape index (κ1) is 25.5. The molecule has 0 aromatic carbocycles. The Morgan fingerprint density at radius 3 is 2.50 bits per heavy atom. The molecule has 0 unspecified atom stereocenters. The summed E-state index contributed by atoms with van der Waals surface area (Å²) in [6, 6.07) is 5.72. The number of hydrogen-bond acceptors (Lipinski definition) is 7. The van der Waals surface area contributed by atoms with Crippen LogP contribution >= 0.6 is 0 Å². The molecule has 178 valence electrons. The maximum Gasteiger partial charge on any atom is 0.407 e. The topological polar surface area (TPSA) is 99.5 Å². The first-order chi connectivity index (χ1) is 14.9. The van der Waals surface area contributed by atoms with E-state index in [0.717, 1.165) is 11.5 Å². The molecule has 2 aromatic rings. The number of rotatable bonds is 9. The number of amides is 1. The fraction of sp³-hybridized carbons (Fsp3) is 0.609. The molecule has 32 heavy (non-hydrogen) atoms. The molecule has 0 radical (unpaired) electrons. The second-order valence-corrected chi connectivity index (χ2v) is 9.56. The van der Waals surface area contributed by atoms with Crippen molar-refractivity contribution in [3.8, 4) is 5.75 Å². The highest BCUT2D eigenvalue weighted by Gasteiger charge is 2.19. The third kappa shape index (κ3) is 8.03. The van der Waals surface area contributed by atoms with Crippen LogP contribution in [0.25, 0.3) is 0 Å². The Morgan fingerprint density at radius 1 is 1.16 bits per heavy atom. The Morgan fingerprint density at radius 2 is 1.88 bits per heavy atom. The van der Waals surface area contributed by atoms with E-state index >= 15 is 0 Å². The number of aromatic nitrogens is 3. The summed E-state index contributed by atoms with van der Waals surface area (Å²) in [7, 11) is 1.61. The lowest BCUT2D eigenvalue weighted by molar-refractivity contribution is 0.0517. The number of nitrogens with zero attached hydrogens (tertiary/aromatic N) is 3. The Bertz CT molecular complexity index is 897. The molecule has 9 nitrogen and oxygen atoms in total. The van der Waals surface area contributed by atoms with Crippen LogP contribution in [0.5, 0.6) is 5.75 Å². The van der Waals surface area contributed by atoms with E-state index in [1.165, 1.54) is 0 Å². The molecule has 0 saturated carbocycles. The second-order valence-electron chi connectivity index (χ2n) is 9.56. The van der Waals surface area contributed by atoms with E-state index in [9.17, 15) is 4.79 Å². The van der Waals surface area contributed by atoms with Crippen LogP contribution in [0.4, 0.5) is 16.4 Å². The molecule has 0 saturated heterocycles. The van der Waals surface area contributed by atoms with Gasteiger partial charge < -0.3 is 24.8 Å². The average Bonchev–Trinajstić information content (AvgIpc) is 3.04. The van der Waals surface area contributed by atoms with E-state index in [4.69, 9.17) is 14.2 Å². The molecule has 0 aliphatic carbocycles. The van der Waals surface area contributed by atoms with E-state index in [0.29, 0.717) is 43.4 Å². The van der Waals surface area contributed by atoms with Gasteiger partial charge in [0.25, 0.3) is 0 Å². The molecule has 0 spiro atoms. The lowest BCUT2D eigenvalue weighted by atomic mass is 10.1. The lowest BCUT2D eigenvalue weighted by Gasteiger charge is -2.22. The number of pyridine rings is 1. The molecule has 0 aliphatic heterocycles. The highest BCUT2D eigenvalue weighted by atomic mass is 16.6. The number of carbonyl (C=O) groups excluding carboxylic acids is 1. The minimum Gasteiger partial charge on any atom is -0.495 e. The summed E-state index contributed by atoms with van der Waals surface area (Å²) in [5.74, 6) is 2.21. The van der Waals surface area contributed by atoms with Crippen molar-refractivity contribution >= 4 is 17.7 Å². The van der Waals surface area contributed by atoms with E-state index in [1.54, 1.807) is 7.11 Å². The summed E-state index contributed by atoms with van der Waals surface area (Å²) in [5, 5.41) is 10.6. The van der Waals surface area contributed by atoms with Crippen LogP contribution in [-0.4, -0.2) is 46.7 Å². The molecule has 2 heterocycles. The number of anilines is 2. The van der Waals surface area contributed by atoms with Gasteiger partial charge in [0.2, 0.25) is 0 Å². The summed E-state index contributed by atoms with van der Waals surface area (Å²) in [6.07, 6.45) is 0.230. The molecule has 9 heteroatoms. The molecule has 1 amide bonds. The van der Waals surface area contributed by atoms with Crippen molar-refractivity contribution in [2.75, 3.05) is 25.6 Å². The molecule has 2 aromatic heterocycles. The van der Waals surface area contributed by atoms with Crippen LogP contribution in [0.3, 0.4) is 0 Å². The van der Waals surface area contributed by atoms with Crippen molar-refractivity contribution in [1.82, 2.24) is 20.1 Å². The standard InChI is InChI=1S/C23H37N5O4/c1-16-14-20(28(27-16)22(2,3)4)26-19-11-10-18(30-8)17(25-19)15-31-13-9-12-24-21(29)32-23(5,6)7/h10-11,14H,9,12-13,15H2,1-8H3,(H,24,29)(H,25,26). The SMILES string of the molecule is COc1ccc(Nc2cc(C)nn2C(C)(C)C)nc1COCCCNC(=O)OC(C)(C)C. The van der Waals surface area contributed by atoms with Gasteiger partial charge in [0.15, 0.2) is 0 Å². The first-order valence-corrected chi connectivity index (χ1v) is 10.8. The minimum absolute atomic E-state index is 0.164. The summed E-state index contributed by atoms with van der Waals surface area (Å²) in [6.45, 7) is 15.0. The fourth-order valence-electron chi connectivity index (χ4n) is 2.93. The fourth-order valence-corrected chi connectivity index (χ4v) is 2.93. The quantitative estimate of drug-likeness (QED) is 0.545. The summed E-state index contributed by atoms with van der Waals surface area (Å²) in [5.41, 5.74) is 0.948. The normalized spacial score (nSPS) is 11.9. The van der Waals surface area contributed by atoms with Gasteiger partial charge in [-0.3, -0.25) is 0 Å². The van der Waals surface area contributed by atoms with Crippen molar-refractivity contribution in [1.29, 1.82) is 0 Å². The molecule has 2 N–H and O–H groups in total. The predicted octanol–water partition coefficient (Wildman–Crippen LogP) is 4.53. The van der Waals surface area contributed by atoms with Gasteiger partial charge >= 0.3 is 6.09 Å². The lowest BCUT2D eigenvalue weighted by Crippen LogP contribution is -2.33. The number of alkyl carbamates (subject to hydrolysis) is 1. The van der Waals surface area contributed by atoms with E-state index in [1.807, 2.05) is 50.6 Å². The summed E-state index contributed by atoms with van der Waals surface area (Å²) < 4.78 is 18.3. The molecular formula is C23H37N5O4. The van der Waals surface area contributed by atoms with Crippen LogP contribution in [0.2, 0.25) is 0 Å². The third-order valence-electron chi connectivity index (χ3n) is 4.25. The monoisotopic (exact) mass is 447 g/mol. The third-order valence-corrected chi connectivity index (χ3v) is 4.25. The van der Waals surface area contributed by atoms with Crippen LogP contribution < -0.4 is 15.4 Å². The Balaban J connectivity index is 1.92. The van der Waals surface area contributed by atoms with Gasteiger partial charge in [-0.15, -0.1) is 0 Å². The minimum atomic E-state index is -0.509. The Kier molecular flexibility index (Phi) is 8.49. The molecule has 0 aliphatic rings. The number of methoxy groups -OCH3 is 1. The van der Waals surface area contributed by atoms with E-state index in [-0.39, 0.29) is 5.54 Å². The van der Waals surface area contributed by atoms with Gasteiger partial charge in [0, 0.05) is 19.2 Å².